The Morgan fingerprint density at radius 2 is 2.22 bits per heavy atom. The summed E-state index contributed by atoms with van der Waals surface area (Å²) in [6.45, 7) is 12.9. The van der Waals surface area contributed by atoms with Gasteiger partial charge in [-0.1, -0.05) is 12.2 Å². The lowest BCUT2D eigenvalue weighted by molar-refractivity contribution is 0.595. The first-order valence-electron chi connectivity index (χ1n) is 6.18. The van der Waals surface area contributed by atoms with E-state index < -0.39 is 0 Å². The molecule has 0 spiro atoms. The predicted molar refractivity (Wildman–Crippen MR) is 73.7 cm³/mol. The Hall–Kier alpha value is -1.68. The van der Waals surface area contributed by atoms with E-state index in [4.69, 9.17) is 0 Å². The standard InChI is InChI=1S/C14H20N4/c1-9(2)7-15-11(4)13-8-16-14-6-10(3)17-18(14)12(13)5/h6,8,11,15H,1,7H2,2-5H3. The Labute approximate surface area is 108 Å². The van der Waals surface area contributed by atoms with Crippen LogP contribution in [0.25, 0.3) is 5.65 Å². The van der Waals surface area contributed by atoms with Crippen molar-refractivity contribution in [2.45, 2.75) is 33.7 Å². The Balaban J connectivity index is 2.33. The largest absolute Gasteiger partial charge is 0.306 e. The maximum Gasteiger partial charge on any atom is 0.155 e. The summed E-state index contributed by atoms with van der Waals surface area (Å²) >= 11 is 0. The molecule has 0 aliphatic carbocycles. The molecule has 2 aromatic rings. The van der Waals surface area contributed by atoms with Gasteiger partial charge < -0.3 is 5.32 Å². The molecule has 0 bridgehead atoms. The number of hydrogen-bond acceptors (Lipinski definition) is 3. The van der Waals surface area contributed by atoms with Crippen molar-refractivity contribution in [1.29, 1.82) is 0 Å². The molecule has 1 atom stereocenters. The zero-order valence-electron chi connectivity index (χ0n) is 11.5. The summed E-state index contributed by atoms with van der Waals surface area (Å²) in [4.78, 5) is 4.45. The second-order valence-corrected chi connectivity index (χ2v) is 4.91. The second kappa shape index (κ2) is 4.90. The highest BCUT2D eigenvalue weighted by molar-refractivity contribution is 5.42. The molecule has 0 saturated heterocycles. The molecular formula is C14H20N4. The first kappa shape index (κ1) is 12.8. The Bertz CT molecular complexity index is 583. The maximum atomic E-state index is 4.46. The van der Waals surface area contributed by atoms with Crippen LogP contribution in [0, 0.1) is 13.8 Å². The Morgan fingerprint density at radius 1 is 1.50 bits per heavy atom. The number of aromatic nitrogens is 3. The molecule has 1 N–H and O–H groups in total. The fourth-order valence-corrected chi connectivity index (χ4v) is 2.04. The summed E-state index contributed by atoms with van der Waals surface area (Å²) in [7, 11) is 0. The van der Waals surface area contributed by atoms with Crippen LogP contribution < -0.4 is 5.32 Å². The van der Waals surface area contributed by atoms with Gasteiger partial charge >= 0.3 is 0 Å². The first-order valence-corrected chi connectivity index (χ1v) is 6.18. The van der Waals surface area contributed by atoms with Crippen molar-refractivity contribution < 1.29 is 0 Å². The zero-order chi connectivity index (χ0) is 13.3. The van der Waals surface area contributed by atoms with Gasteiger partial charge in [-0.3, -0.25) is 0 Å². The molecule has 2 rings (SSSR count). The van der Waals surface area contributed by atoms with Crippen LogP contribution >= 0.6 is 0 Å². The van der Waals surface area contributed by atoms with E-state index in [0.29, 0.717) is 0 Å². The lowest BCUT2D eigenvalue weighted by atomic mass is 10.1. The fraction of sp³-hybridized carbons (Fsp3) is 0.429. The lowest BCUT2D eigenvalue weighted by Crippen LogP contribution is -2.22. The van der Waals surface area contributed by atoms with Crippen LogP contribution in [-0.4, -0.2) is 21.1 Å². The third-order valence-corrected chi connectivity index (χ3v) is 3.06. The van der Waals surface area contributed by atoms with Crippen LogP contribution in [-0.2, 0) is 0 Å². The highest BCUT2D eigenvalue weighted by atomic mass is 15.3. The molecule has 0 aromatic carbocycles. The van der Waals surface area contributed by atoms with Crippen molar-refractivity contribution in [2.24, 2.45) is 0 Å². The van der Waals surface area contributed by atoms with E-state index in [1.807, 2.05) is 30.6 Å². The monoisotopic (exact) mass is 244 g/mol. The first-order chi connectivity index (χ1) is 8.49. The summed E-state index contributed by atoms with van der Waals surface area (Å²) in [5.74, 6) is 0. The predicted octanol–water partition coefficient (Wildman–Crippen LogP) is 2.57. The lowest BCUT2D eigenvalue weighted by Gasteiger charge is -2.16. The molecule has 0 fully saturated rings. The molecule has 1 unspecified atom stereocenters. The van der Waals surface area contributed by atoms with Gasteiger partial charge in [0.15, 0.2) is 5.65 Å². The number of hydrogen-bond donors (Lipinski definition) is 1. The zero-order valence-corrected chi connectivity index (χ0v) is 11.5. The van der Waals surface area contributed by atoms with Crippen LogP contribution in [0.4, 0.5) is 0 Å². The van der Waals surface area contributed by atoms with E-state index in [9.17, 15) is 0 Å². The second-order valence-electron chi connectivity index (χ2n) is 4.91. The summed E-state index contributed by atoms with van der Waals surface area (Å²) in [6.07, 6.45) is 1.93. The molecule has 0 aliphatic rings. The minimum absolute atomic E-state index is 0.239. The van der Waals surface area contributed by atoms with E-state index in [2.05, 4.69) is 35.8 Å². The highest BCUT2D eigenvalue weighted by Gasteiger charge is 2.12. The van der Waals surface area contributed by atoms with Crippen LogP contribution in [0.15, 0.2) is 24.4 Å². The molecular weight excluding hydrogens is 224 g/mol. The molecule has 0 radical (unpaired) electrons. The van der Waals surface area contributed by atoms with E-state index >= 15 is 0 Å². The molecule has 2 aromatic heterocycles. The van der Waals surface area contributed by atoms with Gasteiger partial charge in [0.2, 0.25) is 0 Å². The van der Waals surface area contributed by atoms with E-state index in [1.165, 1.54) is 5.56 Å². The van der Waals surface area contributed by atoms with E-state index in [-0.39, 0.29) is 6.04 Å². The minimum atomic E-state index is 0.239. The molecule has 4 heteroatoms. The fourth-order valence-electron chi connectivity index (χ4n) is 2.04. The number of rotatable bonds is 4. The molecule has 4 nitrogen and oxygen atoms in total. The average molecular weight is 244 g/mol. The maximum absolute atomic E-state index is 4.46. The van der Waals surface area contributed by atoms with Crippen molar-refractivity contribution in [3.8, 4) is 0 Å². The topological polar surface area (TPSA) is 42.2 Å². The van der Waals surface area contributed by atoms with Crippen molar-refractivity contribution >= 4 is 5.65 Å². The van der Waals surface area contributed by atoms with Gasteiger partial charge in [0.25, 0.3) is 0 Å². The van der Waals surface area contributed by atoms with Gasteiger partial charge in [0, 0.05) is 36.1 Å². The molecule has 2 heterocycles. The van der Waals surface area contributed by atoms with Gasteiger partial charge in [0.05, 0.1) is 5.69 Å². The highest BCUT2D eigenvalue weighted by Crippen LogP contribution is 2.17. The van der Waals surface area contributed by atoms with Gasteiger partial charge in [-0.2, -0.15) is 5.10 Å². The normalized spacial score (nSPS) is 12.9. The van der Waals surface area contributed by atoms with Gasteiger partial charge in [-0.15, -0.1) is 0 Å². The van der Waals surface area contributed by atoms with E-state index in [1.54, 1.807) is 0 Å². The molecule has 96 valence electrons. The minimum Gasteiger partial charge on any atom is -0.306 e. The Morgan fingerprint density at radius 3 is 2.89 bits per heavy atom. The van der Waals surface area contributed by atoms with Gasteiger partial charge in [0.1, 0.15) is 0 Å². The van der Waals surface area contributed by atoms with Crippen LogP contribution in [0.3, 0.4) is 0 Å². The molecule has 18 heavy (non-hydrogen) atoms. The van der Waals surface area contributed by atoms with Crippen molar-refractivity contribution in [3.63, 3.8) is 0 Å². The van der Waals surface area contributed by atoms with Crippen LogP contribution in [0.2, 0.25) is 0 Å². The van der Waals surface area contributed by atoms with Gasteiger partial charge in [-0.25, -0.2) is 9.50 Å². The number of nitrogens with one attached hydrogen (secondary N) is 1. The summed E-state index contributed by atoms with van der Waals surface area (Å²) < 4.78 is 1.91. The van der Waals surface area contributed by atoms with Crippen LogP contribution in [0.5, 0.6) is 0 Å². The summed E-state index contributed by atoms with van der Waals surface area (Å²) in [5.41, 5.74) is 5.33. The summed E-state index contributed by atoms with van der Waals surface area (Å²) in [5, 5.41) is 7.89. The van der Waals surface area contributed by atoms with Crippen molar-refractivity contribution in [3.05, 3.63) is 41.4 Å². The smallest absolute Gasteiger partial charge is 0.155 e. The van der Waals surface area contributed by atoms with E-state index in [0.717, 1.165) is 29.2 Å². The third-order valence-electron chi connectivity index (χ3n) is 3.06. The molecule has 0 amide bonds. The van der Waals surface area contributed by atoms with Crippen LogP contribution in [0.1, 0.15) is 36.8 Å². The third kappa shape index (κ3) is 2.43. The number of aryl methyl sites for hydroxylation is 2. The SMILES string of the molecule is C=C(C)CNC(C)c1cnc2cc(C)nn2c1C. The molecule has 0 saturated carbocycles. The average Bonchev–Trinajstić information content (AvgIpc) is 2.68. The quantitative estimate of drug-likeness (QED) is 0.840. The summed E-state index contributed by atoms with van der Waals surface area (Å²) in [6, 6.07) is 2.23. The van der Waals surface area contributed by atoms with Crippen molar-refractivity contribution in [2.75, 3.05) is 6.54 Å². The molecule has 0 aliphatic heterocycles. The number of fused-ring (bicyclic) bond motifs is 1. The van der Waals surface area contributed by atoms with Crippen molar-refractivity contribution in [1.82, 2.24) is 19.9 Å². The Kier molecular flexibility index (Phi) is 3.48. The van der Waals surface area contributed by atoms with Gasteiger partial charge in [-0.05, 0) is 27.7 Å². The number of nitrogens with zero attached hydrogens (tertiary/aromatic N) is 3.